The molecule has 1 aliphatic heterocycles. The zero-order valence-electron chi connectivity index (χ0n) is 15.5. The molecule has 3 aromatic rings. The van der Waals surface area contributed by atoms with Crippen molar-refractivity contribution in [3.63, 3.8) is 0 Å². The molecule has 0 spiro atoms. The third-order valence-electron chi connectivity index (χ3n) is 4.96. The van der Waals surface area contributed by atoms with E-state index in [9.17, 15) is 9.18 Å². The van der Waals surface area contributed by atoms with Crippen molar-refractivity contribution in [3.8, 4) is 5.82 Å². The molecule has 144 valence electrons. The van der Waals surface area contributed by atoms with Crippen LogP contribution >= 0.6 is 0 Å². The molecule has 1 atom stereocenters. The monoisotopic (exact) mass is 380 g/mol. The summed E-state index contributed by atoms with van der Waals surface area (Å²) < 4.78 is 15.5. The second-order valence-electron chi connectivity index (χ2n) is 6.96. The number of benzene rings is 1. The minimum Gasteiger partial charge on any atom is -0.354 e. The standard InChI is InChI=1S/C20H21FN6O/c1-14-4-5-16(11-17(14)21)23-20(28)15-3-2-9-26(12-15)18-6-7-19(25-24-18)27-10-8-22-13-27/h4-8,10-11,13,15H,2-3,9,12H2,1H3,(H,23,28)/t15-/m0/s1. The van der Waals surface area contributed by atoms with Gasteiger partial charge in [0, 0.05) is 31.2 Å². The second-order valence-corrected chi connectivity index (χ2v) is 6.96. The molecule has 0 saturated carbocycles. The summed E-state index contributed by atoms with van der Waals surface area (Å²) in [6, 6.07) is 8.52. The van der Waals surface area contributed by atoms with Crippen molar-refractivity contribution in [3.05, 3.63) is 60.4 Å². The highest BCUT2D eigenvalue weighted by Crippen LogP contribution is 2.23. The number of piperidine rings is 1. The number of anilines is 2. The number of nitrogens with one attached hydrogen (secondary N) is 1. The number of aromatic nitrogens is 4. The van der Waals surface area contributed by atoms with Crippen LogP contribution in [0.5, 0.6) is 0 Å². The molecular weight excluding hydrogens is 359 g/mol. The fourth-order valence-electron chi connectivity index (χ4n) is 3.33. The Morgan fingerprint density at radius 3 is 2.75 bits per heavy atom. The number of amides is 1. The summed E-state index contributed by atoms with van der Waals surface area (Å²) >= 11 is 0. The van der Waals surface area contributed by atoms with Gasteiger partial charge in [0.2, 0.25) is 5.91 Å². The number of nitrogens with zero attached hydrogens (tertiary/aromatic N) is 5. The van der Waals surface area contributed by atoms with Crippen LogP contribution in [0.1, 0.15) is 18.4 Å². The SMILES string of the molecule is Cc1ccc(NC(=O)[C@H]2CCCN(c3ccc(-n4ccnc4)nn3)C2)cc1F. The molecule has 0 aliphatic carbocycles. The van der Waals surface area contributed by atoms with E-state index in [1.54, 1.807) is 42.3 Å². The van der Waals surface area contributed by atoms with Gasteiger partial charge in [0.25, 0.3) is 0 Å². The maximum absolute atomic E-state index is 13.7. The van der Waals surface area contributed by atoms with E-state index in [1.807, 2.05) is 12.1 Å². The first kappa shape index (κ1) is 18.1. The van der Waals surface area contributed by atoms with Gasteiger partial charge < -0.3 is 10.2 Å². The predicted molar refractivity (Wildman–Crippen MR) is 104 cm³/mol. The molecular formula is C20H21FN6O. The highest BCUT2D eigenvalue weighted by molar-refractivity contribution is 5.93. The van der Waals surface area contributed by atoms with Crippen molar-refractivity contribution in [2.24, 2.45) is 5.92 Å². The Labute approximate surface area is 162 Å². The maximum atomic E-state index is 13.7. The van der Waals surface area contributed by atoms with Crippen LogP contribution in [0.3, 0.4) is 0 Å². The molecule has 0 radical (unpaired) electrons. The molecule has 8 heteroatoms. The third kappa shape index (κ3) is 3.85. The topological polar surface area (TPSA) is 75.9 Å². The van der Waals surface area contributed by atoms with Crippen LogP contribution < -0.4 is 10.2 Å². The summed E-state index contributed by atoms with van der Waals surface area (Å²) in [4.78, 5) is 18.7. The van der Waals surface area contributed by atoms with E-state index in [0.29, 0.717) is 23.6 Å². The number of hydrogen-bond acceptors (Lipinski definition) is 5. The van der Waals surface area contributed by atoms with E-state index in [2.05, 4.69) is 25.4 Å². The summed E-state index contributed by atoms with van der Waals surface area (Å²) in [6.07, 6.45) is 6.82. The minimum atomic E-state index is -0.323. The quantitative estimate of drug-likeness (QED) is 0.753. The van der Waals surface area contributed by atoms with Crippen LogP contribution in [0.2, 0.25) is 0 Å². The summed E-state index contributed by atoms with van der Waals surface area (Å²) in [5, 5.41) is 11.4. The van der Waals surface area contributed by atoms with Gasteiger partial charge in [-0.3, -0.25) is 9.36 Å². The Kier molecular flexibility index (Phi) is 5.01. The number of carbonyl (C=O) groups excluding carboxylic acids is 1. The molecule has 3 heterocycles. The minimum absolute atomic E-state index is 0.101. The van der Waals surface area contributed by atoms with Gasteiger partial charge in [0.1, 0.15) is 12.1 Å². The number of imidazole rings is 1. The number of carbonyl (C=O) groups is 1. The molecule has 1 fully saturated rings. The van der Waals surface area contributed by atoms with Crippen LogP contribution in [-0.4, -0.2) is 38.7 Å². The van der Waals surface area contributed by atoms with Gasteiger partial charge in [-0.15, -0.1) is 10.2 Å². The highest BCUT2D eigenvalue weighted by Gasteiger charge is 2.27. The van der Waals surface area contributed by atoms with Crippen molar-refractivity contribution in [2.75, 3.05) is 23.3 Å². The van der Waals surface area contributed by atoms with Crippen molar-refractivity contribution in [1.82, 2.24) is 19.7 Å². The number of hydrogen-bond donors (Lipinski definition) is 1. The van der Waals surface area contributed by atoms with Gasteiger partial charge in [0.15, 0.2) is 11.6 Å². The van der Waals surface area contributed by atoms with Gasteiger partial charge in [-0.2, -0.15) is 0 Å². The normalized spacial score (nSPS) is 16.8. The molecule has 2 aromatic heterocycles. The van der Waals surface area contributed by atoms with E-state index in [4.69, 9.17) is 0 Å². The number of halogens is 1. The number of aryl methyl sites for hydroxylation is 1. The summed E-state index contributed by atoms with van der Waals surface area (Å²) in [5.74, 6) is 0.817. The van der Waals surface area contributed by atoms with Crippen molar-refractivity contribution < 1.29 is 9.18 Å². The fraction of sp³-hybridized carbons (Fsp3) is 0.300. The van der Waals surface area contributed by atoms with Crippen LogP contribution in [0, 0.1) is 18.7 Å². The molecule has 0 unspecified atom stereocenters. The van der Waals surface area contributed by atoms with Crippen molar-refractivity contribution in [2.45, 2.75) is 19.8 Å². The first-order valence-electron chi connectivity index (χ1n) is 9.24. The summed E-state index contributed by atoms with van der Waals surface area (Å²) in [6.45, 7) is 3.07. The van der Waals surface area contributed by atoms with Gasteiger partial charge in [-0.1, -0.05) is 6.07 Å². The zero-order valence-corrected chi connectivity index (χ0v) is 15.5. The van der Waals surface area contributed by atoms with E-state index < -0.39 is 0 Å². The molecule has 1 N–H and O–H groups in total. The second kappa shape index (κ2) is 7.75. The Morgan fingerprint density at radius 2 is 2.04 bits per heavy atom. The Bertz CT molecular complexity index is 957. The molecule has 1 aromatic carbocycles. The smallest absolute Gasteiger partial charge is 0.229 e. The lowest BCUT2D eigenvalue weighted by Gasteiger charge is -2.32. The first-order chi connectivity index (χ1) is 13.6. The van der Waals surface area contributed by atoms with Crippen LogP contribution in [-0.2, 0) is 4.79 Å². The average Bonchev–Trinajstić information content (AvgIpc) is 3.26. The van der Waals surface area contributed by atoms with Gasteiger partial charge in [-0.25, -0.2) is 9.37 Å². The summed E-state index contributed by atoms with van der Waals surface area (Å²) in [7, 11) is 0. The Balaban J connectivity index is 1.42. The molecule has 7 nitrogen and oxygen atoms in total. The zero-order chi connectivity index (χ0) is 19.5. The maximum Gasteiger partial charge on any atom is 0.229 e. The molecule has 1 saturated heterocycles. The predicted octanol–water partition coefficient (Wildman–Crippen LogP) is 2.96. The number of rotatable bonds is 4. The Morgan fingerprint density at radius 1 is 1.21 bits per heavy atom. The van der Waals surface area contributed by atoms with E-state index >= 15 is 0 Å². The van der Waals surface area contributed by atoms with Gasteiger partial charge >= 0.3 is 0 Å². The highest BCUT2D eigenvalue weighted by atomic mass is 19.1. The van der Waals surface area contributed by atoms with Gasteiger partial charge in [0.05, 0.1) is 5.92 Å². The fourth-order valence-corrected chi connectivity index (χ4v) is 3.33. The molecule has 28 heavy (non-hydrogen) atoms. The molecule has 4 rings (SSSR count). The third-order valence-corrected chi connectivity index (χ3v) is 4.96. The van der Waals surface area contributed by atoms with Gasteiger partial charge in [-0.05, 0) is 49.6 Å². The van der Waals surface area contributed by atoms with Crippen LogP contribution in [0.25, 0.3) is 5.82 Å². The van der Waals surface area contributed by atoms with Crippen molar-refractivity contribution >= 4 is 17.4 Å². The Hall–Kier alpha value is -3.29. The molecule has 1 amide bonds. The summed E-state index contributed by atoms with van der Waals surface area (Å²) in [5.41, 5.74) is 1.04. The van der Waals surface area contributed by atoms with Crippen LogP contribution in [0.4, 0.5) is 15.9 Å². The first-order valence-corrected chi connectivity index (χ1v) is 9.24. The van der Waals surface area contributed by atoms with Crippen LogP contribution in [0.15, 0.2) is 49.1 Å². The van der Waals surface area contributed by atoms with E-state index in [0.717, 1.165) is 25.2 Å². The van der Waals surface area contributed by atoms with E-state index in [1.165, 1.54) is 6.07 Å². The molecule has 1 aliphatic rings. The lowest BCUT2D eigenvalue weighted by Crippen LogP contribution is -2.41. The lowest BCUT2D eigenvalue weighted by atomic mass is 9.97. The van der Waals surface area contributed by atoms with Crippen molar-refractivity contribution in [1.29, 1.82) is 0 Å². The average molecular weight is 380 g/mol. The van der Waals surface area contributed by atoms with E-state index in [-0.39, 0.29) is 17.6 Å². The largest absolute Gasteiger partial charge is 0.354 e. The molecule has 0 bridgehead atoms. The lowest BCUT2D eigenvalue weighted by molar-refractivity contribution is -0.120.